The van der Waals surface area contributed by atoms with Crippen LogP contribution in [-0.4, -0.2) is 54.8 Å². The van der Waals surface area contributed by atoms with E-state index in [1.54, 1.807) is 12.0 Å². The Balaban J connectivity index is 2.00. The summed E-state index contributed by atoms with van der Waals surface area (Å²) in [5, 5.41) is 8.99. The first-order chi connectivity index (χ1) is 10.5. The Kier molecular flexibility index (Phi) is 5.38. The second kappa shape index (κ2) is 7.26. The van der Waals surface area contributed by atoms with Crippen molar-refractivity contribution in [3.8, 4) is 5.75 Å². The van der Waals surface area contributed by atoms with E-state index in [0.29, 0.717) is 13.0 Å². The molecule has 2 rings (SSSR count). The van der Waals surface area contributed by atoms with Crippen LogP contribution < -0.4 is 4.74 Å². The van der Waals surface area contributed by atoms with Gasteiger partial charge in [-0.05, 0) is 17.5 Å². The molecule has 1 aromatic carbocycles. The maximum Gasteiger partial charge on any atom is 0.334 e. The molecule has 1 saturated heterocycles. The Bertz CT molecular complexity index is 545. The molecule has 0 saturated carbocycles. The number of methoxy groups -OCH3 is 1. The van der Waals surface area contributed by atoms with Gasteiger partial charge in [0.05, 0.1) is 20.3 Å². The van der Waals surface area contributed by atoms with Gasteiger partial charge >= 0.3 is 5.97 Å². The van der Waals surface area contributed by atoms with Crippen LogP contribution >= 0.6 is 0 Å². The molecule has 0 aliphatic carbocycles. The van der Waals surface area contributed by atoms with Crippen molar-refractivity contribution in [3.63, 3.8) is 0 Å². The fraction of sp³-hybridized carbons (Fsp3) is 0.500. The number of aliphatic carboxylic acids is 1. The monoisotopic (exact) mass is 307 g/mol. The number of hydrogen-bond donors (Lipinski definition) is 1. The molecule has 0 radical (unpaired) electrons. The van der Waals surface area contributed by atoms with Crippen LogP contribution in [0.15, 0.2) is 24.3 Å². The highest BCUT2D eigenvalue weighted by Crippen LogP contribution is 2.29. The van der Waals surface area contributed by atoms with Gasteiger partial charge in [-0.3, -0.25) is 4.79 Å². The Morgan fingerprint density at radius 2 is 2.18 bits per heavy atom. The predicted molar refractivity (Wildman–Crippen MR) is 80.0 cm³/mol. The first-order valence-corrected chi connectivity index (χ1v) is 7.28. The number of carbonyl (C=O) groups is 2. The lowest BCUT2D eigenvalue weighted by molar-refractivity contribution is -0.159. The number of carboxylic acids is 1. The van der Waals surface area contributed by atoms with Crippen LogP contribution in [0.5, 0.6) is 5.75 Å². The summed E-state index contributed by atoms with van der Waals surface area (Å²) >= 11 is 0. The average Bonchev–Trinajstić information content (AvgIpc) is 2.54. The maximum absolute atomic E-state index is 12.4. The normalized spacial score (nSPS) is 19.5. The van der Waals surface area contributed by atoms with Crippen molar-refractivity contribution in [2.75, 3.05) is 26.8 Å². The van der Waals surface area contributed by atoms with Crippen molar-refractivity contribution < 1.29 is 24.2 Å². The standard InChI is InChI=1S/C16H21NO5/c1-11(12-5-3-4-6-13(12)21-2)9-15(18)17-7-8-22-14(10-17)16(19)20/h3-6,11,14H,7-10H2,1-2H3,(H,19,20)/t11-,14+/m0/s1. The van der Waals surface area contributed by atoms with E-state index in [1.165, 1.54) is 0 Å². The number of amides is 1. The molecule has 1 N–H and O–H groups in total. The van der Waals surface area contributed by atoms with E-state index < -0.39 is 12.1 Å². The Hall–Kier alpha value is -2.08. The van der Waals surface area contributed by atoms with Gasteiger partial charge in [-0.2, -0.15) is 0 Å². The van der Waals surface area contributed by atoms with Crippen LogP contribution in [0.3, 0.4) is 0 Å². The number of carbonyl (C=O) groups excluding carboxylic acids is 1. The summed E-state index contributed by atoms with van der Waals surface area (Å²) in [6, 6.07) is 7.60. The molecular formula is C16H21NO5. The van der Waals surface area contributed by atoms with Gasteiger partial charge in [0, 0.05) is 13.0 Å². The van der Waals surface area contributed by atoms with Crippen molar-refractivity contribution in [3.05, 3.63) is 29.8 Å². The van der Waals surface area contributed by atoms with Gasteiger partial charge in [-0.1, -0.05) is 25.1 Å². The maximum atomic E-state index is 12.4. The van der Waals surface area contributed by atoms with Crippen LogP contribution in [0.25, 0.3) is 0 Å². The molecule has 6 nitrogen and oxygen atoms in total. The Labute approximate surface area is 129 Å². The van der Waals surface area contributed by atoms with Crippen LogP contribution in [0.2, 0.25) is 0 Å². The lowest BCUT2D eigenvalue weighted by Gasteiger charge is -2.31. The molecule has 6 heteroatoms. The Morgan fingerprint density at radius 3 is 2.86 bits per heavy atom. The van der Waals surface area contributed by atoms with Crippen LogP contribution in [0, 0.1) is 0 Å². The van der Waals surface area contributed by atoms with E-state index >= 15 is 0 Å². The summed E-state index contributed by atoms with van der Waals surface area (Å²) in [7, 11) is 1.60. The summed E-state index contributed by atoms with van der Waals surface area (Å²) < 4.78 is 10.5. The highest BCUT2D eigenvalue weighted by molar-refractivity contribution is 5.79. The Morgan fingerprint density at radius 1 is 1.45 bits per heavy atom. The van der Waals surface area contributed by atoms with Gasteiger partial charge in [0.15, 0.2) is 6.10 Å². The average molecular weight is 307 g/mol. The highest BCUT2D eigenvalue weighted by Gasteiger charge is 2.29. The SMILES string of the molecule is COc1ccccc1[C@@H](C)CC(=O)N1CCO[C@@H](C(=O)O)C1. The lowest BCUT2D eigenvalue weighted by atomic mass is 9.96. The minimum Gasteiger partial charge on any atom is -0.496 e. The minimum atomic E-state index is -1.03. The zero-order chi connectivity index (χ0) is 16.1. The third-order valence-corrected chi connectivity index (χ3v) is 3.85. The first-order valence-electron chi connectivity index (χ1n) is 7.28. The molecule has 0 unspecified atom stereocenters. The number of nitrogens with zero attached hydrogens (tertiary/aromatic N) is 1. The molecule has 0 bridgehead atoms. The third kappa shape index (κ3) is 3.76. The molecule has 120 valence electrons. The van der Waals surface area contributed by atoms with E-state index in [9.17, 15) is 9.59 Å². The van der Waals surface area contributed by atoms with Crippen LogP contribution in [0.4, 0.5) is 0 Å². The molecule has 22 heavy (non-hydrogen) atoms. The fourth-order valence-electron chi connectivity index (χ4n) is 2.60. The number of carboxylic acid groups (broad SMARTS) is 1. The van der Waals surface area contributed by atoms with E-state index in [0.717, 1.165) is 11.3 Å². The number of morpholine rings is 1. The second-order valence-electron chi connectivity index (χ2n) is 5.38. The summed E-state index contributed by atoms with van der Waals surface area (Å²) in [6.45, 7) is 2.75. The number of para-hydroxylation sites is 1. The van der Waals surface area contributed by atoms with E-state index in [-0.39, 0.29) is 25.0 Å². The van der Waals surface area contributed by atoms with Crippen LogP contribution in [-0.2, 0) is 14.3 Å². The molecule has 0 aromatic heterocycles. The molecule has 1 fully saturated rings. The van der Waals surface area contributed by atoms with Gasteiger partial charge in [0.1, 0.15) is 5.75 Å². The zero-order valence-electron chi connectivity index (χ0n) is 12.8. The number of ether oxygens (including phenoxy) is 2. The van der Waals surface area contributed by atoms with Crippen molar-refractivity contribution >= 4 is 11.9 Å². The molecular weight excluding hydrogens is 286 g/mol. The van der Waals surface area contributed by atoms with Crippen molar-refractivity contribution in [1.82, 2.24) is 4.90 Å². The molecule has 1 heterocycles. The molecule has 1 aliphatic rings. The quantitative estimate of drug-likeness (QED) is 0.892. The van der Waals surface area contributed by atoms with Gasteiger partial charge in [-0.15, -0.1) is 0 Å². The molecule has 1 aromatic rings. The molecule has 1 amide bonds. The second-order valence-corrected chi connectivity index (χ2v) is 5.38. The smallest absolute Gasteiger partial charge is 0.334 e. The van der Waals surface area contributed by atoms with E-state index in [2.05, 4.69) is 0 Å². The predicted octanol–water partition coefficient (Wildman–Crippen LogP) is 1.50. The van der Waals surface area contributed by atoms with E-state index in [4.69, 9.17) is 14.6 Å². The van der Waals surface area contributed by atoms with Gasteiger partial charge < -0.3 is 19.5 Å². The minimum absolute atomic E-state index is 0.00484. The fourth-order valence-corrected chi connectivity index (χ4v) is 2.60. The van der Waals surface area contributed by atoms with Crippen molar-refractivity contribution in [2.45, 2.75) is 25.4 Å². The van der Waals surface area contributed by atoms with Crippen LogP contribution in [0.1, 0.15) is 24.8 Å². The van der Waals surface area contributed by atoms with E-state index in [1.807, 2.05) is 31.2 Å². The van der Waals surface area contributed by atoms with Gasteiger partial charge in [0.2, 0.25) is 5.91 Å². The summed E-state index contributed by atoms with van der Waals surface area (Å²) in [5.74, 6) is -0.341. The lowest BCUT2D eigenvalue weighted by Crippen LogP contribution is -2.48. The molecule has 0 spiro atoms. The molecule has 1 aliphatic heterocycles. The third-order valence-electron chi connectivity index (χ3n) is 3.85. The summed E-state index contributed by atoms with van der Waals surface area (Å²) in [6.07, 6.45) is -0.619. The van der Waals surface area contributed by atoms with Crippen molar-refractivity contribution in [2.24, 2.45) is 0 Å². The van der Waals surface area contributed by atoms with Gasteiger partial charge in [0.25, 0.3) is 0 Å². The first kappa shape index (κ1) is 16.3. The number of rotatable bonds is 5. The zero-order valence-corrected chi connectivity index (χ0v) is 12.8. The molecule has 2 atom stereocenters. The van der Waals surface area contributed by atoms with Gasteiger partial charge in [-0.25, -0.2) is 4.79 Å². The largest absolute Gasteiger partial charge is 0.496 e. The summed E-state index contributed by atoms with van der Waals surface area (Å²) in [5.41, 5.74) is 0.974. The topological polar surface area (TPSA) is 76.1 Å². The number of benzene rings is 1. The summed E-state index contributed by atoms with van der Waals surface area (Å²) in [4.78, 5) is 24.9. The van der Waals surface area contributed by atoms with Crippen molar-refractivity contribution in [1.29, 1.82) is 0 Å². The number of hydrogen-bond acceptors (Lipinski definition) is 4. The highest BCUT2D eigenvalue weighted by atomic mass is 16.5.